The van der Waals surface area contributed by atoms with Crippen molar-refractivity contribution in [1.29, 1.82) is 0 Å². The van der Waals surface area contributed by atoms with Gasteiger partial charge in [-0.15, -0.1) is 0 Å². The van der Waals surface area contributed by atoms with E-state index in [4.69, 9.17) is 14.9 Å². The number of ether oxygens (including phenoxy) is 1. The summed E-state index contributed by atoms with van der Waals surface area (Å²) >= 11 is 0. The van der Waals surface area contributed by atoms with Crippen LogP contribution in [-0.4, -0.2) is 6.10 Å². The van der Waals surface area contributed by atoms with Gasteiger partial charge in [-0.05, 0) is 24.8 Å². The van der Waals surface area contributed by atoms with Gasteiger partial charge in [-0.2, -0.15) is 0 Å². The van der Waals surface area contributed by atoms with Crippen molar-refractivity contribution in [3.8, 4) is 0 Å². The molecule has 2 atom stereocenters. The van der Waals surface area contributed by atoms with Gasteiger partial charge in [-0.1, -0.05) is 26.2 Å². The second-order valence-electron chi connectivity index (χ2n) is 4.93. The number of hydrogen-bond donors (Lipinski definition) is 1. The third-order valence-corrected chi connectivity index (χ3v) is 3.75. The van der Waals surface area contributed by atoms with E-state index in [9.17, 15) is 0 Å². The van der Waals surface area contributed by atoms with Gasteiger partial charge >= 0.3 is 0 Å². The van der Waals surface area contributed by atoms with Gasteiger partial charge in [-0.3, -0.25) is 0 Å². The monoisotopic (exact) mass is 237 g/mol. The molecule has 1 saturated carbocycles. The maximum absolute atomic E-state index is 6.00. The van der Waals surface area contributed by atoms with Crippen molar-refractivity contribution in [3.63, 3.8) is 0 Å². The molecule has 1 aliphatic rings. The molecule has 3 nitrogen and oxygen atoms in total. The van der Waals surface area contributed by atoms with Crippen molar-refractivity contribution in [1.82, 2.24) is 0 Å². The van der Waals surface area contributed by atoms with Crippen molar-refractivity contribution < 1.29 is 9.15 Å². The van der Waals surface area contributed by atoms with E-state index < -0.39 is 0 Å². The summed E-state index contributed by atoms with van der Waals surface area (Å²) in [6.45, 7) is 3.37. The molecule has 0 radical (unpaired) electrons. The summed E-state index contributed by atoms with van der Waals surface area (Å²) in [6, 6.07) is 1.99. The van der Waals surface area contributed by atoms with Gasteiger partial charge in [0.25, 0.3) is 0 Å². The molecule has 0 spiro atoms. The molecule has 17 heavy (non-hydrogen) atoms. The lowest BCUT2D eigenvalue weighted by molar-refractivity contribution is -0.0283. The molecule has 0 amide bonds. The molecule has 2 rings (SSSR count). The Morgan fingerprint density at radius 1 is 1.41 bits per heavy atom. The van der Waals surface area contributed by atoms with Gasteiger partial charge in [0.1, 0.15) is 12.4 Å². The van der Waals surface area contributed by atoms with Crippen molar-refractivity contribution in [2.45, 2.75) is 58.3 Å². The average Bonchev–Trinajstić information content (AvgIpc) is 2.84. The fraction of sp³-hybridized carbons (Fsp3) is 0.714. The van der Waals surface area contributed by atoms with Crippen LogP contribution in [0.1, 0.15) is 50.4 Å². The largest absolute Gasteiger partial charge is 0.467 e. The van der Waals surface area contributed by atoms with Gasteiger partial charge < -0.3 is 14.9 Å². The first-order valence-electron chi connectivity index (χ1n) is 6.71. The van der Waals surface area contributed by atoms with Crippen LogP contribution in [0, 0.1) is 5.92 Å². The van der Waals surface area contributed by atoms with Crippen molar-refractivity contribution >= 4 is 0 Å². The Balaban J connectivity index is 1.83. The highest BCUT2D eigenvalue weighted by Crippen LogP contribution is 2.29. The third-order valence-electron chi connectivity index (χ3n) is 3.75. The number of nitrogens with two attached hydrogens (primary N) is 1. The summed E-state index contributed by atoms with van der Waals surface area (Å²) in [5.74, 6) is 1.62. The van der Waals surface area contributed by atoms with E-state index in [1.165, 1.54) is 32.1 Å². The summed E-state index contributed by atoms with van der Waals surface area (Å²) in [5.41, 5.74) is 6.59. The normalized spacial score (nSPS) is 25.1. The fourth-order valence-electron chi connectivity index (χ4n) is 2.66. The van der Waals surface area contributed by atoms with Crippen LogP contribution in [-0.2, 0) is 17.9 Å². The lowest BCUT2D eigenvalue weighted by Crippen LogP contribution is -2.27. The molecule has 0 saturated heterocycles. The van der Waals surface area contributed by atoms with Crippen LogP contribution in [0.5, 0.6) is 0 Å². The highest BCUT2D eigenvalue weighted by atomic mass is 16.5. The van der Waals surface area contributed by atoms with Gasteiger partial charge in [0.15, 0.2) is 0 Å². The zero-order valence-corrected chi connectivity index (χ0v) is 10.7. The first-order chi connectivity index (χ1) is 8.33. The third kappa shape index (κ3) is 3.33. The predicted molar refractivity (Wildman–Crippen MR) is 67.4 cm³/mol. The van der Waals surface area contributed by atoms with Gasteiger partial charge in [0.2, 0.25) is 0 Å². The van der Waals surface area contributed by atoms with E-state index in [0.717, 1.165) is 17.2 Å². The van der Waals surface area contributed by atoms with Crippen LogP contribution in [0.15, 0.2) is 16.7 Å². The lowest BCUT2D eigenvalue weighted by atomic mass is 9.85. The Morgan fingerprint density at radius 2 is 2.24 bits per heavy atom. The Kier molecular flexibility index (Phi) is 4.63. The maximum Gasteiger partial charge on any atom is 0.129 e. The molecule has 3 heteroatoms. The number of hydrogen-bond acceptors (Lipinski definition) is 3. The molecule has 0 bridgehead atoms. The molecule has 2 unspecified atom stereocenters. The second-order valence-corrected chi connectivity index (χ2v) is 4.93. The summed E-state index contributed by atoms with van der Waals surface area (Å²) in [6.07, 6.45) is 8.52. The molecular weight excluding hydrogens is 214 g/mol. The molecule has 0 aromatic carbocycles. The zero-order valence-electron chi connectivity index (χ0n) is 10.7. The van der Waals surface area contributed by atoms with E-state index >= 15 is 0 Å². The lowest BCUT2D eigenvalue weighted by Gasteiger charge is -2.30. The average molecular weight is 237 g/mol. The minimum absolute atomic E-state index is 0.417. The molecule has 1 heterocycles. The van der Waals surface area contributed by atoms with E-state index in [2.05, 4.69) is 6.92 Å². The van der Waals surface area contributed by atoms with E-state index in [-0.39, 0.29) is 0 Å². The highest BCUT2D eigenvalue weighted by molar-refractivity contribution is 5.11. The Labute approximate surface area is 103 Å². The van der Waals surface area contributed by atoms with E-state index in [0.29, 0.717) is 19.3 Å². The number of furan rings is 1. The first kappa shape index (κ1) is 12.7. The highest BCUT2D eigenvalue weighted by Gasteiger charge is 2.24. The van der Waals surface area contributed by atoms with Crippen LogP contribution in [0.2, 0.25) is 0 Å². The van der Waals surface area contributed by atoms with Crippen LogP contribution in [0.4, 0.5) is 0 Å². The second kappa shape index (κ2) is 6.22. The first-order valence-corrected chi connectivity index (χ1v) is 6.71. The molecule has 0 aliphatic heterocycles. The maximum atomic E-state index is 6.00. The SMILES string of the molecule is CCC1CCCCC1OCc1cc(CN)co1. The van der Waals surface area contributed by atoms with Crippen molar-refractivity contribution in [2.75, 3.05) is 0 Å². The Bertz CT molecular complexity index is 335. The zero-order chi connectivity index (χ0) is 12.1. The van der Waals surface area contributed by atoms with Gasteiger partial charge in [-0.25, -0.2) is 0 Å². The summed E-state index contributed by atoms with van der Waals surface area (Å²) < 4.78 is 11.4. The molecular formula is C14H23NO2. The van der Waals surface area contributed by atoms with Gasteiger partial charge in [0.05, 0.1) is 12.4 Å². The van der Waals surface area contributed by atoms with Crippen LogP contribution in [0.3, 0.4) is 0 Å². The Morgan fingerprint density at radius 3 is 2.94 bits per heavy atom. The van der Waals surface area contributed by atoms with Crippen LogP contribution < -0.4 is 5.73 Å². The molecule has 2 N–H and O–H groups in total. The molecule has 1 aromatic rings. The standard InChI is InChI=1S/C14H23NO2/c1-2-12-5-3-4-6-14(12)17-10-13-7-11(8-15)9-16-13/h7,9,12,14H,2-6,8,10,15H2,1H3. The predicted octanol–water partition coefficient (Wildman–Crippen LogP) is 3.22. The smallest absolute Gasteiger partial charge is 0.129 e. The summed E-state index contributed by atoms with van der Waals surface area (Å²) in [4.78, 5) is 0. The minimum Gasteiger partial charge on any atom is -0.467 e. The minimum atomic E-state index is 0.417. The van der Waals surface area contributed by atoms with Crippen molar-refractivity contribution in [2.24, 2.45) is 11.7 Å². The molecule has 1 aromatic heterocycles. The quantitative estimate of drug-likeness (QED) is 0.855. The number of rotatable bonds is 5. The summed E-state index contributed by atoms with van der Waals surface area (Å²) in [5, 5.41) is 0. The van der Waals surface area contributed by atoms with Crippen molar-refractivity contribution in [3.05, 3.63) is 23.7 Å². The molecule has 96 valence electrons. The van der Waals surface area contributed by atoms with Gasteiger partial charge in [0, 0.05) is 12.1 Å². The summed E-state index contributed by atoms with van der Waals surface area (Å²) in [7, 11) is 0. The van der Waals surface area contributed by atoms with Crippen LogP contribution >= 0.6 is 0 Å². The topological polar surface area (TPSA) is 48.4 Å². The van der Waals surface area contributed by atoms with Crippen LogP contribution in [0.25, 0.3) is 0 Å². The Hall–Kier alpha value is -0.800. The fourth-order valence-corrected chi connectivity index (χ4v) is 2.66. The molecule has 1 fully saturated rings. The van der Waals surface area contributed by atoms with E-state index in [1.807, 2.05) is 6.07 Å². The molecule has 1 aliphatic carbocycles. The van der Waals surface area contributed by atoms with E-state index in [1.54, 1.807) is 6.26 Å².